The first kappa shape index (κ1) is 13.1. The van der Waals surface area contributed by atoms with Gasteiger partial charge in [-0.25, -0.2) is 0 Å². The Morgan fingerprint density at radius 3 is 2.72 bits per heavy atom. The Bertz CT molecular complexity index is 420. The number of hydrogen-bond acceptors (Lipinski definition) is 3. The molecule has 1 fully saturated rings. The third kappa shape index (κ3) is 2.54. The lowest BCUT2D eigenvalue weighted by molar-refractivity contribution is -0.151. The van der Waals surface area contributed by atoms with Crippen LogP contribution in [0.4, 0.5) is 0 Å². The van der Waals surface area contributed by atoms with Crippen molar-refractivity contribution in [2.45, 2.75) is 25.5 Å². The lowest BCUT2D eigenvalue weighted by Crippen LogP contribution is -2.53. The third-order valence-electron chi connectivity index (χ3n) is 3.59. The molecule has 4 heteroatoms. The summed E-state index contributed by atoms with van der Waals surface area (Å²) < 4.78 is 5.88. The molecule has 4 nitrogen and oxygen atoms in total. The van der Waals surface area contributed by atoms with E-state index >= 15 is 0 Å². The fourth-order valence-corrected chi connectivity index (χ4v) is 2.35. The van der Waals surface area contributed by atoms with Crippen LogP contribution in [0, 0.1) is 0 Å². The fourth-order valence-electron chi connectivity index (χ4n) is 2.35. The minimum Gasteiger partial charge on any atom is -0.480 e. The Morgan fingerprint density at radius 2 is 2.11 bits per heavy atom. The SMILES string of the molecule is CC(C(=O)O)N1CCOC(C)(c2ccccc2)C1. The Kier molecular flexibility index (Phi) is 3.68. The monoisotopic (exact) mass is 249 g/mol. The second-order valence-corrected chi connectivity index (χ2v) is 4.93. The number of carboxylic acid groups (broad SMARTS) is 1. The Hall–Kier alpha value is -1.39. The molecule has 0 spiro atoms. The molecule has 2 atom stereocenters. The van der Waals surface area contributed by atoms with Crippen LogP contribution in [-0.4, -0.2) is 41.7 Å². The molecule has 1 saturated heterocycles. The molecule has 1 aliphatic rings. The van der Waals surface area contributed by atoms with Crippen molar-refractivity contribution < 1.29 is 14.6 Å². The number of carboxylic acids is 1. The second-order valence-electron chi connectivity index (χ2n) is 4.93. The first-order chi connectivity index (χ1) is 8.53. The Morgan fingerprint density at radius 1 is 1.44 bits per heavy atom. The molecule has 1 N–H and O–H groups in total. The van der Waals surface area contributed by atoms with Crippen LogP contribution in [0.15, 0.2) is 30.3 Å². The third-order valence-corrected chi connectivity index (χ3v) is 3.59. The normalized spacial score (nSPS) is 26.8. The van der Waals surface area contributed by atoms with Crippen molar-refractivity contribution in [2.75, 3.05) is 19.7 Å². The molecular weight excluding hydrogens is 230 g/mol. The highest BCUT2D eigenvalue weighted by Gasteiger charge is 2.36. The number of hydrogen-bond donors (Lipinski definition) is 1. The minimum absolute atomic E-state index is 0.427. The van der Waals surface area contributed by atoms with E-state index in [1.807, 2.05) is 42.2 Å². The average molecular weight is 249 g/mol. The van der Waals surface area contributed by atoms with Crippen molar-refractivity contribution in [1.29, 1.82) is 0 Å². The van der Waals surface area contributed by atoms with E-state index in [1.165, 1.54) is 0 Å². The van der Waals surface area contributed by atoms with Gasteiger partial charge in [0.05, 0.1) is 6.61 Å². The summed E-state index contributed by atoms with van der Waals surface area (Å²) in [4.78, 5) is 13.0. The van der Waals surface area contributed by atoms with Gasteiger partial charge in [-0.1, -0.05) is 30.3 Å². The smallest absolute Gasteiger partial charge is 0.320 e. The standard InChI is InChI=1S/C14H19NO3/c1-11(13(16)17)15-8-9-18-14(2,10-15)12-6-4-3-5-7-12/h3-7,11H,8-10H2,1-2H3,(H,16,17). The van der Waals surface area contributed by atoms with Gasteiger partial charge in [-0.2, -0.15) is 0 Å². The molecular formula is C14H19NO3. The van der Waals surface area contributed by atoms with Crippen molar-refractivity contribution in [3.63, 3.8) is 0 Å². The van der Waals surface area contributed by atoms with Crippen LogP contribution in [0.1, 0.15) is 19.4 Å². The zero-order valence-corrected chi connectivity index (χ0v) is 10.8. The summed E-state index contributed by atoms with van der Waals surface area (Å²) in [6.07, 6.45) is 0. The molecule has 0 saturated carbocycles. The number of carbonyl (C=O) groups is 1. The van der Waals surface area contributed by atoms with E-state index in [9.17, 15) is 4.79 Å². The molecule has 1 heterocycles. The van der Waals surface area contributed by atoms with Crippen molar-refractivity contribution in [3.8, 4) is 0 Å². The highest BCUT2D eigenvalue weighted by atomic mass is 16.5. The maximum Gasteiger partial charge on any atom is 0.320 e. The number of benzene rings is 1. The van der Waals surface area contributed by atoms with E-state index in [0.29, 0.717) is 19.7 Å². The van der Waals surface area contributed by atoms with E-state index in [4.69, 9.17) is 9.84 Å². The summed E-state index contributed by atoms with van der Waals surface area (Å²) in [5.41, 5.74) is 0.663. The summed E-state index contributed by atoms with van der Waals surface area (Å²) in [5, 5.41) is 9.09. The summed E-state index contributed by atoms with van der Waals surface area (Å²) >= 11 is 0. The molecule has 0 bridgehead atoms. The first-order valence-electron chi connectivity index (χ1n) is 6.19. The van der Waals surface area contributed by atoms with E-state index in [2.05, 4.69) is 0 Å². The number of ether oxygens (including phenoxy) is 1. The number of aliphatic carboxylic acids is 1. The van der Waals surface area contributed by atoms with E-state index < -0.39 is 17.6 Å². The van der Waals surface area contributed by atoms with Gasteiger partial charge in [0.25, 0.3) is 0 Å². The largest absolute Gasteiger partial charge is 0.480 e. The van der Waals surface area contributed by atoms with Crippen LogP contribution in [0.25, 0.3) is 0 Å². The first-order valence-corrected chi connectivity index (χ1v) is 6.19. The molecule has 1 aromatic carbocycles. The zero-order valence-electron chi connectivity index (χ0n) is 10.8. The molecule has 0 aliphatic carbocycles. The van der Waals surface area contributed by atoms with Crippen molar-refractivity contribution in [1.82, 2.24) is 4.90 Å². The Balaban J connectivity index is 2.17. The molecule has 1 aromatic rings. The molecule has 2 unspecified atom stereocenters. The van der Waals surface area contributed by atoms with Crippen molar-refractivity contribution in [3.05, 3.63) is 35.9 Å². The quantitative estimate of drug-likeness (QED) is 0.886. The van der Waals surface area contributed by atoms with Crippen molar-refractivity contribution >= 4 is 5.97 Å². The lowest BCUT2D eigenvalue weighted by atomic mass is 9.93. The highest BCUT2D eigenvalue weighted by Crippen LogP contribution is 2.29. The van der Waals surface area contributed by atoms with Gasteiger partial charge in [0.1, 0.15) is 11.6 Å². The van der Waals surface area contributed by atoms with Gasteiger partial charge in [-0.05, 0) is 19.4 Å². The van der Waals surface area contributed by atoms with E-state index in [0.717, 1.165) is 5.56 Å². The number of nitrogens with zero attached hydrogens (tertiary/aromatic N) is 1. The van der Waals surface area contributed by atoms with Gasteiger partial charge in [-0.15, -0.1) is 0 Å². The zero-order chi connectivity index (χ0) is 13.2. The summed E-state index contributed by atoms with van der Waals surface area (Å²) in [6.45, 7) is 5.56. The van der Waals surface area contributed by atoms with Crippen molar-refractivity contribution in [2.24, 2.45) is 0 Å². The minimum atomic E-state index is -0.785. The van der Waals surface area contributed by atoms with Crippen LogP contribution in [0.2, 0.25) is 0 Å². The van der Waals surface area contributed by atoms with Crippen LogP contribution in [0.5, 0.6) is 0 Å². The van der Waals surface area contributed by atoms with Gasteiger partial charge in [0.2, 0.25) is 0 Å². The van der Waals surface area contributed by atoms with Gasteiger partial charge in [-0.3, -0.25) is 9.69 Å². The fraction of sp³-hybridized carbons (Fsp3) is 0.500. The second kappa shape index (κ2) is 5.08. The maximum atomic E-state index is 11.1. The maximum absolute atomic E-state index is 11.1. The van der Waals surface area contributed by atoms with Crippen LogP contribution >= 0.6 is 0 Å². The number of rotatable bonds is 3. The van der Waals surface area contributed by atoms with E-state index in [1.54, 1.807) is 6.92 Å². The molecule has 1 aliphatic heterocycles. The molecule has 2 rings (SSSR count). The Labute approximate surface area is 107 Å². The van der Waals surface area contributed by atoms with Crippen LogP contribution in [0.3, 0.4) is 0 Å². The molecule has 0 radical (unpaired) electrons. The van der Waals surface area contributed by atoms with Crippen LogP contribution < -0.4 is 0 Å². The van der Waals surface area contributed by atoms with Gasteiger partial charge in [0, 0.05) is 13.1 Å². The topological polar surface area (TPSA) is 49.8 Å². The molecule has 18 heavy (non-hydrogen) atoms. The van der Waals surface area contributed by atoms with Crippen LogP contribution in [-0.2, 0) is 15.1 Å². The predicted octanol–water partition coefficient (Wildman–Crippen LogP) is 1.71. The van der Waals surface area contributed by atoms with Gasteiger partial charge < -0.3 is 9.84 Å². The van der Waals surface area contributed by atoms with Gasteiger partial charge >= 0.3 is 5.97 Å². The summed E-state index contributed by atoms with van der Waals surface area (Å²) in [5.74, 6) is -0.785. The molecule has 0 amide bonds. The predicted molar refractivity (Wildman–Crippen MR) is 68.4 cm³/mol. The number of morpholine rings is 1. The van der Waals surface area contributed by atoms with E-state index in [-0.39, 0.29) is 0 Å². The van der Waals surface area contributed by atoms with Gasteiger partial charge in [0.15, 0.2) is 0 Å². The lowest BCUT2D eigenvalue weighted by Gasteiger charge is -2.42. The highest BCUT2D eigenvalue weighted by molar-refractivity contribution is 5.72. The molecule has 0 aromatic heterocycles. The summed E-state index contributed by atoms with van der Waals surface area (Å²) in [7, 11) is 0. The average Bonchev–Trinajstić information content (AvgIpc) is 2.39. The summed E-state index contributed by atoms with van der Waals surface area (Å²) in [6, 6.07) is 9.49. The molecule has 98 valence electrons.